The molecular weight excluding hydrogens is 272 g/mol. The monoisotopic (exact) mass is 294 g/mol. The number of ketones is 1. The Balaban J connectivity index is 2.15. The van der Waals surface area contributed by atoms with Crippen molar-refractivity contribution in [3.8, 4) is 0 Å². The summed E-state index contributed by atoms with van der Waals surface area (Å²) in [5.41, 5.74) is 1.63. The van der Waals surface area contributed by atoms with Crippen molar-refractivity contribution >= 4 is 22.6 Å². The Morgan fingerprint density at radius 2 is 1.86 bits per heavy atom. The summed E-state index contributed by atoms with van der Waals surface area (Å²) in [7, 11) is 0. The Morgan fingerprint density at radius 3 is 2.55 bits per heavy atom. The van der Waals surface area contributed by atoms with E-state index in [-0.39, 0.29) is 11.5 Å². The zero-order valence-corrected chi connectivity index (χ0v) is 13.4. The molecule has 0 aromatic heterocycles. The molecule has 114 valence electrons. The summed E-state index contributed by atoms with van der Waals surface area (Å²) in [6.07, 6.45) is 1.87. The number of rotatable bonds is 6. The number of benzene rings is 2. The van der Waals surface area contributed by atoms with E-state index in [0.29, 0.717) is 18.1 Å². The highest BCUT2D eigenvalue weighted by atomic mass is 16.5. The maximum absolute atomic E-state index is 12.2. The average molecular weight is 294 g/mol. The highest BCUT2D eigenvalue weighted by molar-refractivity contribution is 6.09. The van der Waals surface area contributed by atoms with Crippen LogP contribution in [0.15, 0.2) is 60.4 Å². The van der Waals surface area contributed by atoms with Crippen LogP contribution in [0.5, 0.6) is 0 Å². The van der Waals surface area contributed by atoms with Crippen molar-refractivity contribution in [1.29, 1.82) is 0 Å². The first-order chi connectivity index (χ1) is 10.5. The number of hydrogen-bond donors (Lipinski definition) is 0. The van der Waals surface area contributed by atoms with Crippen molar-refractivity contribution in [2.24, 2.45) is 5.92 Å². The Labute approximate surface area is 132 Å². The fraction of sp³-hybridized carbons (Fsp3) is 0.250. The van der Waals surface area contributed by atoms with Gasteiger partial charge in [0.25, 0.3) is 0 Å². The molecule has 0 atom stereocenters. The van der Waals surface area contributed by atoms with Gasteiger partial charge >= 0.3 is 0 Å². The Kier molecular flexibility index (Phi) is 5.16. The van der Waals surface area contributed by atoms with E-state index >= 15 is 0 Å². The summed E-state index contributed by atoms with van der Waals surface area (Å²) >= 11 is 0. The van der Waals surface area contributed by atoms with E-state index in [1.165, 1.54) is 5.39 Å². The van der Waals surface area contributed by atoms with Crippen LogP contribution >= 0.6 is 0 Å². The summed E-state index contributed by atoms with van der Waals surface area (Å²) in [6, 6.07) is 14.3. The van der Waals surface area contributed by atoms with E-state index in [9.17, 15) is 4.79 Å². The predicted octanol–water partition coefficient (Wildman–Crippen LogP) is 5.00. The maximum atomic E-state index is 12.2. The smallest absolute Gasteiger partial charge is 0.222 e. The first-order valence-corrected chi connectivity index (χ1v) is 7.51. The molecule has 2 nitrogen and oxygen atoms in total. The molecule has 0 aliphatic rings. The number of carbonyl (C=O) groups excluding carboxylic acids is 1. The number of ether oxygens (including phenoxy) is 1. The minimum atomic E-state index is -0.145. The lowest BCUT2D eigenvalue weighted by Crippen LogP contribution is -2.10. The first-order valence-electron chi connectivity index (χ1n) is 7.51. The molecule has 2 aromatic carbocycles. The third-order valence-electron chi connectivity index (χ3n) is 3.36. The lowest BCUT2D eigenvalue weighted by Gasteiger charge is -2.10. The van der Waals surface area contributed by atoms with Crippen molar-refractivity contribution in [2.45, 2.75) is 20.8 Å². The highest BCUT2D eigenvalue weighted by Gasteiger charge is 2.11. The first kappa shape index (κ1) is 16.0. The zero-order valence-electron chi connectivity index (χ0n) is 13.4. The molecule has 0 unspecified atom stereocenters. The SMILES string of the molecule is C=C(OCC(C)C)C(=O)/C(C)=C/c1ccc2ccccc2c1. The normalized spacial score (nSPS) is 11.7. The quantitative estimate of drug-likeness (QED) is 0.553. The van der Waals surface area contributed by atoms with Crippen molar-refractivity contribution in [3.05, 3.63) is 65.9 Å². The topological polar surface area (TPSA) is 26.3 Å². The molecule has 2 rings (SSSR count). The van der Waals surface area contributed by atoms with Crippen molar-refractivity contribution in [2.75, 3.05) is 6.61 Å². The molecule has 22 heavy (non-hydrogen) atoms. The van der Waals surface area contributed by atoms with Gasteiger partial charge in [0.2, 0.25) is 5.78 Å². The largest absolute Gasteiger partial charge is 0.490 e. The number of fused-ring (bicyclic) bond motifs is 1. The van der Waals surface area contributed by atoms with Crippen LogP contribution in [0.3, 0.4) is 0 Å². The number of Topliss-reactive ketones (excluding diaryl/α,β-unsaturated/α-hetero) is 1. The fourth-order valence-electron chi connectivity index (χ4n) is 2.17. The van der Waals surface area contributed by atoms with Crippen molar-refractivity contribution < 1.29 is 9.53 Å². The van der Waals surface area contributed by atoms with Gasteiger partial charge in [-0.2, -0.15) is 0 Å². The molecule has 0 heterocycles. The van der Waals surface area contributed by atoms with Crippen LogP contribution in [-0.2, 0) is 9.53 Å². The third-order valence-corrected chi connectivity index (χ3v) is 3.36. The minimum Gasteiger partial charge on any atom is -0.490 e. The van der Waals surface area contributed by atoms with Crippen LogP contribution in [0.4, 0.5) is 0 Å². The number of carbonyl (C=O) groups is 1. The van der Waals surface area contributed by atoms with Crippen LogP contribution in [0.2, 0.25) is 0 Å². The van der Waals surface area contributed by atoms with Gasteiger partial charge in [0.15, 0.2) is 5.76 Å². The van der Waals surface area contributed by atoms with Gasteiger partial charge in [-0.25, -0.2) is 0 Å². The summed E-state index contributed by atoms with van der Waals surface area (Å²) in [5.74, 6) is 0.436. The van der Waals surface area contributed by atoms with E-state index in [1.54, 1.807) is 6.92 Å². The van der Waals surface area contributed by atoms with Gasteiger partial charge in [0.1, 0.15) is 0 Å². The fourth-order valence-corrected chi connectivity index (χ4v) is 2.17. The molecule has 2 aromatic rings. The van der Waals surface area contributed by atoms with E-state index < -0.39 is 0 Å². The summed E-state index contributed by atoms with van der Waals surface area (Å²) < 4.78 is 5.41. The van der Waals surface area contributed by atoms with Gasteiger partial charge < -0.3 is 4.74 Å². The zero-order chi connectivity index (χ0) is 16.1. The van der Waals surface area contributed by atoms with Crippen LogP contribution in [0, 0.1) is 5.92 Å². The molecule has 0 amide bonds. The second-order valence-corrected chi connectivity index (χ2v) is 5.89. The molecule has 0 saturated heterocycles. The predicted molar refractivity (Wildman–Crippen MR) is 92.5 cm³/mol. The number of hydrogen-bond acceptors (Lipinski definition) is 2. The molecule has 0 fully saturated rings. The Hall–Kier alpha value is -2.35. The second-order valence-electron chi connectivity index (χ2n) is 5.89. The summed E-state index contributed by atoms with van der Waals surface area (Å²) in [4.78, 5) is 12.2. The van der Waals surface area contributed by atoms with Gasteiger partial charge in [-0.15, -0.1) is 0 Å². The van der Waals surface area contributed by atoms with Gasteiger partial charge in [0.05, 0.1) is 6.61 Å². The van der Waals surface area contributed by atoms with E-state index in [1.807, 2.05) is 38.1 Å². The summed E-state index contributed by atoms with van der Waals surface area (Å²) in [5, 5.41) is 2.35. The maximum Gasteiger partial charge on any atom is 0.222 e. The van der Waals surface area contributed by atoms with Crippen LogP contribution in [-0.4, -0.2) is 12.4 Å². The van der Waals surface area contributed by atoms with Gasteiger partial charge in [0, 0.05) is 5.57 Å². The van der Waals surface area contributed by atoms with Gasteiger partial charge in [-0.3, -0.25) is 4.79 Å². The average Bonchev–Trinajstić information content (AvgIpc) is 2.51. The molecule has 2 heteroatoms. The molecule has 0 saturated carbocycles. The van der Waals surface area contributed by atoms with Crippen LogP contribution in [0.25, 0.3) is 16.8 Å². The molecule has 0 aliphatic carbocycles. The van der Waals surface area contributed by atoms with Crippen molar-refractivity contribution in [1.82, 2.24) is 0 Å². The Bertz CT molecular complexity index is 723. The van der Waals surface area contributed by atoms with Gasteiger partial charge in [-0.05, 0) is 41.3 Å². The molecule has 0 N–H and O–H groups in total. The summed E-state index contributed by atoms with van der Waals surface area (Å²) in [6.45, 7) is 10.1. The van der Waals surface area contributed by atoms with E-state index in [0.717, 1.165) is 10.9 Å². The van der Waals surface area contributed by atoms with Gasteiger partial charge in [-0.1, -0.05) is 56.8 Å². The standard InChI is InChI=1S/C20H22O2/c1-14(2)13-22-16(4)20(21)15(3)11-17-9-10-18-7-5-6-8-19(18)12-17/h5-12,14H,4,13H2,1-3H3/b15-11+. The third kappa shape index (κ3) is 4.08. The second kappa shape index (κ2) is 7.08. The van der Waals surface area contributed by atoms with Crippen LogP contribution < -0.4 is 0 Å². The Morgan fingerprint density at radius 1 is 1.18 bits per heavy atom. The van der Waals surface area contributed by atoms with Crippen molar-refractivity contribution in [3.63, 3.8) is 0 Å². The van der Waals surface area contributed by atoms with E-state index in [4.69, 9.17) is 4.74 Å². The van der Waals surface area contributed by atoms with Crippen LogP contribution in [0.1, 0.15) is 26.3 Å². The lowest BCUT2D eigenvalue weighted by atomic mass is 10.0. The number of allylic oxidation sites excluding steroid dienone is 1. The molecular formula is C20H22O2. The molecule has 0 aliphatic heterocycles. The highest BCUT2D eigenvalue weighted by Crippen LogP contribution is 2.18. The molecule has 0 spiro atoms. The van der Waals surface area contributed by atoms with E-state index in [2.05, 4.69) is 30.8 Å². The molecule has 0 bridgehead atoms. The minimum absolute atomic E-state index is 0.145. The lowest BCUT2D eigenvalue weighted by molar-refractivity contribution is -0.115. The molecule has 0 radical (unpaired) electrons.